The summed E-state index contributed by atoms with van der Waals surface area (Å²) in [5, 5.41) is 3.25. The Morgan fingerprint density at radius 1 is 1.22 bits per heavy atom. The molecule has 8 nitrogen and oxygen atoms in total. The van der Waals surface area contributed by atoms with Gasteiger partial charge in [-0.05, 0) is 31.9 Å². The van der Waals surface area contributed by atoms with Crippen LogP contribution in [0.15, 0.2) is 43.1 Å². The fourth-order valence-corrected chi connectivity index (χ4v) is 3.39. The number of aromatic nitrogens is 5. The number of imidazole rings is 1. The van der Waals surface area contributed by atoms with E-state index in [2.05, 4.69) is 25.3 Å². The Hall–Kier alpha value is -3.29. The minimum absolute atomic E-state index is 0.0802. The molecular weight excluding hydrogens is 342 g/mol. The van der Waals surface area contributed by atoms with E-state index in [1.165, 1.54) is 0 Å². The Kier molecular flexibility index (Phi) is 4.53. The zero-order chi connectivity index (χ0) is 18.8. The average molecular weight is 363 g/mol. The number of rotatable bonds is 4. The lowest BCUT2D eigenvalue weighted by molar-refractivity contribution is 0.0727. The van der Waals surface area contributed by atoms with E-state index < -0.39 is 0 Å². The van der Waals surface area contributed by atoms with Gasteiger partial charge in [-0.1, -0.05) is 6.07 Å². The highest BCUT2D eigenvalue weighted by Gasteiger charge is 2.34. The van der Waals surface area contributed by atoms with Gasteiger partial charge in [-0.2, -0.15) is 0 Å². The number of anilines is 2. The lowest BCUT2D eigenvalue weighted by Crippen LogP contribution is -2.31. The first-order valence-electron chi connectivity index (χ1n) is 8.92. The largest absolute Gasteiger partial charge is 0.340 e. The molecule has 4 rings (SSSR count). The highest BCUT2D eigenvalue weighted by atomic mass is 16.2. The Bertz CT molecular complexity index is 968. The molecule has 1 N–H and O–H groups in total. The van der Waals surface area contributed by atoms with Gasteiger partial charge >= 0.3 is 0 Å². The van der Waals surface area contributed by atoms with Crippen LogP contribution in [0, 0.1) is 6.92 Å². The van der Waals surface area contributed by atoms with Crippen LogP contribution in [0.3, 0.4) is 0 Å². The molecule has 0 saturated carbocycles. The number of likely N-dealkylation sites (tertiary alicyclic amines) is 1. The molecule has 0 aromatic carbocycles. The topological polar surface area (TPSA) is 88.8 Å². The number of hydrogen-bond acceptors (Lipinski definition) is 6. The SMILES string of the molecule is Cc1cccc(Nc2nccnc2C2CCCN2C(=O)c2cn(C)cn2)n1. The molecule has 1 amide bonds. The van der Waals surface area contributed by atoms with Crippen LogP contribution in [0.1, 0.15) is 40.8 Å². The number of pyridine rings is 1. The molecule has 1 aliphatic rings. The first-order chi connectivity index (χ1) is 13.1. The summed E-state index contributed by atoms with van der Waals surface area (Å²) in [7, 11) is 1.85. The van der Waals surface area contributed by atoms with Gasteiger partial charge in [0.2, 0.25) is 0 Å². The van der Waals surface area contributed by atoms with Crippen LogP contribution < -0.4 is 5.32 Å². The highest BCUT2D eigenvalue weighted by molar-refractivity contribution is 5.92. The van der Waals surface area contributed by atoms with Crippen molar-refractivity contribution in [2.45, 2.75) is 25.8 Å². The first-order valence-corrected chi connectivity index (χ1v) is 8.92. The minimum atomic E-state index is -0.138. The summed E-state index contributed by atoms with van der Waals surface area (Å²) in [6.07, 6.45) is 8.43. The summed E-state index contributed by atoms with van der Waals surface area (Å²) < 4.78 is 1.77. The van der Waals surface area contributed by atoms with Crippen LogP contribution in [0.2, 0.25) is 0 Å². The fraction of sp³-hybridized carbons (Fsp3) is 0.316. The Morgan fingerprint density at radius 2 is 2.07 bits per heavy atom. The summed E-state index contributed by atoms with van der Waals surface area (Å²) in [5.74, 6) is 1.25. The van der Waals surface area contributed by atoms with Gasteiger partial charge in [0.05, 0.1) is 12.4 Å². The smallest absolute Gasteiger partial charge is 0.274 e. The molecule has 4 heterocycles. The molecule has 138 valence electrons. The van der Waals surface area contributed by atoms with E-state index in [-0.39, 0.29) is 11.9 Å². The standard InChI is InChI=1S/C19H21N7O/c1-13-5-3-7-16(23-13)24-18-17(20-8-9-21-18)15-6-4-10-26(15)19(27)14-11-25(2)12-22-14/h3,5,7-9,11-12,15H,4,6,10H2,1-2H3,(H,21,23,24). The van der Waals surface area contributed by atoms with Crippen LogP contribution in [-0.4, -0.2) is 41.9 Å². The maximum absolute atomic E-state index is 12.9. The van der Waals surface area contributed by atoms with Gasteiger partial charge in [0.15, 0.2) is 5.82 Å². The maximum atomic E-state index is 12.9. The average Bonchev–Trinajstić information content (AvgIpc) is 3.31. The zero-order valence-electron chi connectivity index (χ0n) is 15.3. The van der Waals surface area contributed by atoms with E-state index >= 15 is 0 Å². The molecular formula is C19H21N7O. The van der Waals surface area contributed by atoms with Gasteiger partial charge in [0.1, 0.15) is 17.2 Å². The van der Waals surface area contributed by atoms with Crippen molar-refractivity contribution in [3.05, 3.63) is 60.2 Å². The number of carbonyl (C=O) groups excluding carboxylic acids is 1. The lowest BCUT2D eigenvalue weighted by Gasteiger charge is -2.24. The molecule has 1 aliphatic heterocycles. The molecule has 1 saturated heterocycles. The maximum Gasteiger partial charge on any atom is 0.274 e. The molecule has 8 heteroatoms. The molecule has 0 aliphatic carbocycles. The van der Waals surface area contributed by atoms with Crippen molar-refractivity contribution >= 4 is 17.5 Å². The van der Waals surface area contributed by atoms with Crippen LogP contribution in [0.5, 0.6) is 0 Å². The van der Waals surface area contributed by atoms with Gasteiger partial charge < -0.3 is 14.8 Å². The Labute approximate surface area is 157 Å². The molecule has 3 aromatic heterocycles. The van der Waals surface area contributed by atoms with Gasteiger partial charge in [-0.3, -0.25) is 9.78 Å². The second kappa shape index (κ2) is 7.14. The predicted molar refractivity (Wildman–Crippen MR) is 101 cm³/mol. The van der Waals surface area contributed by atoms with Crippen LogP contribution >= 0.6 is 0 Å². The third kappa shape index (κ3) is 3.51. The van der Waals surface area contributed by atoms with Gasteiger partial charge in [0, 0.05) is 37.9 Å². The van der Waals surface area contributed by atoms with Crippen molar-refractivity contribution in [3.63, 3.8) is 0 Å². The van der Waals surface area contributed by atoms with Crippen molar-refractivity contribution < 1.29 is 4.79 Å². The highest BCUT2D eigenvalue weighted by Crippen LogP contribution is 2.35. The van der Waals surface area contributed by atoms with Gasteiger partial charge in [-0.15, -0.1) is 0 Å². The monoisotopic (exact) mass is 363 g/mol. The second-order valence-corrected chi connectivity index (χ2v) is 6.66. The third-order valence-electron chi connectivity index (χ3n) is 4.61. The number of carbonyl (C=O) groups is 1. The van der Waals surface area contributed by atoms with E-state index in [1.54, 1.807) is 29.5 Å². The summed E-state index contributed by atoms with van der Waals surface area (Å²) in [4.78, 5) is 32.4. The van der Waals surface area contributed by atoms with Crippen LogP contribution in [0.4, 0.5) is 11.6 Å². The van der Waals surface area contributed by atoms with E-state index in [1.807, 2.05) is 37.1 Å². The predicted octanol–water partition coefficient (Wildman–Crippen LogP) is 2.63. The number of hydrogen-bond donors (Lipinski definition) is 1. The van der Waals surface area contributed by atoms with E-state index in [0.29, 0.717) is 23.9 Å². The van der Waals surface area contributed by atoms with Crippen molar-refractivity contribution in [1.82, 2.24) is 29.4 Å². The number of amides is 1. The van der Waals surface area contributed by atoms with Crippen molar-refractivity contribution in [2.75, 3.05) is 11.9 Å². The Balaban J connectivity index is 1.63. The molecule has 0 radical (unpaired) electrons. The quantitative estimate of drug-likeness (QED) is 0.766. The van der Waals surface area contributed by atoms with E-state index in [9.17, 15) is 4.79 Å². The number of aryl methyl sites for hydroxylation is 2. The van der Waals surface area contributed by atoms with Crippen LogP contribution in [0.25, 0.3) is 0 Å². The van der Waals surface area contributed by atoms with Gasteiger partial charge in [-0.25, -0.2) is 15.0 Å². The normalized spacial score (nSPS) is 16.5. The van der Waals surface area contributed by atoms with E-state index in [4.69, 9.17) is 0 Å². The first kappa shape index (κ1) is 17.1. The molecule has 1 fully saturated rings. The number of nitrogens with zero attached hydrogens (tertiary/aromatic N) is 6. The van der Waals surface area contributed by atoms with Gasteiger partial charge in [0.25, 0.3) is 5.91 Å². The lowest BCUT2D eigenvalue weighted by atomic mass is 10.1. The molecule has 0 bridgehead atoms. The molecule has 1 atom stereocenters. The fourth-order valence-electron chi connectivity index (χ4n) is 3.39. The summed E-state index contributed by atoms with van der Waals surface area (Å²) in [5.41, 5.74) is 2.11. The van der Waals surface area contributed by atoms with Crippen molar-refractivity contribution in [3.8, 4) is 0 Å². The summed E-state index contributed by atoms with van der Waals surface area (Å²) in [6.45, 7) is 2.62. The van der Waals surface area contributed by atoms with Crippen molar-refractivity contribution in [2.24, 2.45) is 7.05 Å². The van der Waals surface area contributed by atoms with Crippen molar-refractivity contribution in [1.29, 1.82) is 0 Å². The van der Waals surface area contributed by atoms with E-state index in [0.717, 1.165) is 24.2 Å². The summed E-state index contributed by atoms with van der Waals surface area (Å²) in [6, 6.07) is 5.62. The molecule has 27 heavy (non-hydrogen) atoms. The third-order valence-corrected chi connectivity index (χ3v) is 4.61. The minimum Gasteiger partial charge on any atom is -0.340 e. The number of nitrogens with one attached hydrogen (secondary N) is 1. The molecule has 3 aromatic rings. The Morgan fingerprint density at radius 3 is 2.85 bits per heavy atom. The van der Waals surface area contributed by atoms with Crippen LogP contribution in [-0.2, 0) is 7.05 Å². The molecule has 0 spiro atoms. The zero-order valence-corrected chi connectivity index (χ0v) is 15.3. The molecule has 1 unspecified atom stereocenters. The summed E-state index contributed by atoms with van der Waals surface area (Å²) >= 11 is 0. The second-order valence-electron chi connectivity index (χ2n) is 6.66.